The third-order valence-corrected chi connectivity index (χ3v) is 7.74. The lowest BCUT2D eigenvalue weighted by molar-refractivity contribution is -0.156. The number of carbonyl (C=O) groups excluding carboxylic acids is 1. The van der Waals surface area contributed by atoms with Gasteiger partial charge in [-0.2, -0.15) is 5.26 Å². The van der Waals surface area contributed by atoms with Crippen molar-refractivity contribution < 1.29 is 4.79 Å². The van der Waals surface area contributed by atoms with Crippen LogP contribution in [-0.2, 0) is 4.79 Å². The number of aromatic amines is 1. The monoisotopic (exact) mass is 395 g/mol. The number of piperidine rings is 2. The van der Waals surface area contributed by atoms with E-state index >= 15 is 0 Å². The maximum atomic E-state index is 13.4. The van der Waals surface area contributed by atoms with Crippen LogP contribution in [-0.4, -0.2) is 27.9 Å². The van der Waals surface area contributed by atoms with Crippen molar-refractivity contribution in [3.05, 3.63) is 34.5 Å². The summed E-state index contributed by atoms with van der Waals surface area (Å²) in [7, 11) is 0. The molecule has 5 heteroatoms. The number of fused-ring (bicyclic) bond motifs is 1. The van der Waals surface area contributed by atoms with E-state index in [0.29, 0.717) is 34.6 Å². The Kier molecular flexibility index (Phi) is 4.04. The Balaban J connectivity index is 1.42. The molecule has 28 heavy (non-hydrogen) atoms. The number of aromatic nitrogens is 1. The van der Waals surface area contributed by atoms with Crippen LogP contribution in [0.5, 0.6) is 0 Å². The van der Waals surface area contributed by atoms with Crippen molar-refractivity contribution in [1.82, 2.24) is 9.88 Å². The quantitative estimate of drug-likeness (QED) is 0.759. The van der Waals surface area contributed by atoms with Crippen molar-refractivity contribution in [3.8, 4) is 6.07 Å². The highest BCUT2D eigenvalue weighted by Gasteiger charge is 2.53. The Morgan fingerprint density at radius 1 is 1.36 bits per heavy atom. The van der Waals surface area contributed by atoms with E-state index in [0.717, 1.165) is 35.2 Å². The fourth-order valence-corrected chi connectivity index (χ4v) is 6.97. The van der Waals surface area contributed by atoms with Gasteiger partial charge in [0.2, 0.25) is 5.91 Å². The van der Waals surface area contributed by atoms with Crippen molar-refractivity contribution in [3.63, 3.8) is 0 Å². The number of nitriles is 1. The Hall–Kier alpha value is -1.99. The van der Waals surface area contributed by atoms with Gasteiger partial charge in [0.1, 0.15) is 11.8 Å². The maximum Gasteiger partial charge on any atom is 0.223 e. The van der Waals surface area contributed by atoms with E-state index in [1.165, 1.54) is 19.3 Å². The van der Waals surface area contributed by atoms with Crippen LogP contribution in [0.2, 0.25) is 5.02 Å². The van der Waals surface area contributed by atoms with Crippen molar-refractivity contribution in [1.29, 1.82) is 5.26 Å². The van der Waals surface area contributed by atoms with Crippen LogP contribution >= 0.6 is 11.6 Å². The van der Waals surface area contributed by atoms with Gasteiger partial charge < -0.3 is 9.88 Å². The molecule has 4 fully saturated rings. The number of nitrogens with one attached hydrogen (secondary N) is 1. The van der Waals surface area contributed by atoms with E-state index in [9.17, 15) is 10.1 Å². The van der Waals surface area contributed by atoms with E-state index in [2.05, 4.69) is 22.9 Å². The zero-order valence-corrected chi connectivity index (χ0v) is 17.2. The van der Waals surface area contributed by atoms with Gasteiger partial charge in [-0.15, -0.1) is 0 Å². The van der Waals surface area contributed by atoms with Crippen LogP contribution in [0.1, 0.15) is 69.5 Å². The summed E-state index contributed by atoms with van der Waals surface area (Å²) in [5, 5.41) is 11.1. The van der Waals surface area contributed by atoms with Gasteiger partial charge in [0.05, 0.1) is 5.02 Å². The van der Waals surface area contributed by atoms with E-state index in [1.54, 1.807) is 0 Å². The Bertz CT molecular complexity index is 987. The normalized spacial score (nSPS) is 31.9. The van der Waals surface area contributed by atoms with E-state index < -0.39 is 0 Å². The number of benzene rings is 1. The summed E-state index contributed by atoms with van der Waals surface area (Å²) < 4.78 is 0. The minimum atomic E-state index is -0.0522. The first-order valence-corrected chi connectivity index (χ1v) is 10.8. The second kappa shape index (κ2) is 6.26. The molecule has 1 aromatic carbocycles. The molecule has 2 saturated heterocycles. The lowest BCUT2D eigenvalue weighted by atomic mass is 9.56. The van der Waals surface area contributed by atoms with E-state index in [1.807, 2.05) is 25.1 Å². The van der Waals surface area contributed by atoms with Crippen LogP contribution in [0.15, 0.2) is 18.2 Å². The van der Waals surface area contributed by atoms with E-state index in [4.69, 9.17) is 11.6 Å². The summed E-state index contributed by atoms with van der Waals surface area (Å²) in [5.41, 5.74) is 2.71. The summed E-state index contributed by atoms with van der Waals surface area (Å²) in [6, 6.07) is 8.75. The molecule has 2 saturated carbocycles. The molecule has 3 atom stereocenters. The molecule has 1 N–H and O–H groups in total. The van der Waals surface area contributed by atoms with Gasteiger partial charge in [0, 0.05) is 35.0 Å². The first-order valence-electron chi connectivity index (χ1n) is 10.4. The molecule has 0 spiro atoms. The molecule has 146 valence electrons. The van der Waals surface area contributed by atoms with Gasteiger partial charge in [-0.3, -0.25) is 4.79 Å². The number of rotatable bonds is 3. The first-order chi connectivity index (χ1) is 13.4. The number of H-pyrrole nitrogens is 1. The largest absolute Gasteiger partial charge is 0.346 e. The molecule has 4 aliphatic rings. The Morgan fingerprint density at radius 3 is 2.71 bits per heavy atom. The summed E-state index contributed by atoms with van der Waals surface area (Å²) in [6.07, 6.45) is 6.44. The van der Waals surface area contributed by atoms with Gasteiger partial charge in [0.15, 0.2) is 0 Å². The SMILES string of the molecule is CC(CC(=O)N1C2CC3CC1CC(C)(C3)C2)c1c(C#N)[nH]c2cccc(Cl)c12. The Labute approximate surface area is 170 Å². The lowest BCUT2D eigenvalue weighted by Crippen LogP contribution is -2.62. The summed E-state index contributed by atoms with van der Waals surface area (Å²) >= 11 is 6.45. The molecule has 2 aliphatic carbocycles. The fourth-order valence-electron chi connectivity index (χ4n) is 6.69. The number of hydrogen-bond acceptors (Lipinski definition) is 2. The Morgan fingerprint density at radius 2 is 2.07 bits per heavy atom. The second-order valence-electron chi connectivity index (χ2n) is 9.66. The number of carbonyl (C=O) groups is 1. The number of nitrogens with zero attached hydrogens (tertiary/aromatic N) is 2. The summed E-state index contributed by atoms with van der Waals surface area (Å²) in [6.45, 7) is 4.46. The standard InChI is InChI=1S/C23H26ClN3O/c1-13(21-19(12-25)26-18-5-3-4-17(24)22(18)21)6-20(28)27-15-7-14-8-16(27)11-23(2,9-14)10-15/h3-5,13-16,26H,6-11H2,1-2H3. The highest BCUT2D eigenvalue weighted by Crippen LogP contribution is 2.56. The predicted octanol–water partition coefficient (Wildman–Crippen LogP) is 5.37. The van der Waals surface area contributed by atoms with Crippen molar-refractivity contribution in [2.45, 2.75) is 70.4 Å². The number of halogens is 1. The molecule has 2 aliphatic heterocycles. The number of hydrogen-bond donors (Lipinski definition) is 1. The molecule has 3 heterocycles. The molecule has 2 aromatic rings. The highest BCUT2D eigenvalue weighted by atomic mass is 35.5. The summed E-state index contributed by atoms with van der Waals surface area (Å²) in [5.74, 6) is 1.00. The molecule has 3 unspecified atom stereocenters. The van der Waals surface area contributed by atoms with Crippen molar-refractivity contribution in [2.75, 3.05) is 0 Å². The van der Waals surface area contributed by atoms with Gasteiger partial charge in [-0.05, 0) is 61.5 Å². The van der Waals surface area contributed by atoms with Crippen LogP contribution in [0.3, 0.4) is 0 Å². The average Bonchev–Trinajstić information content (AvgIpc) is 3.00. The zero-order chi connectivity index (χ0) is 19.6. The smallest absolute Gasteiger partial charge is 0.223 e. The second-order valence-corrected chi connectivity index (χ2v) is 10.1. The molecule has 1 aromatic heterocycles. The third-order valence-electron chi connectivity index (χ3n) is 7.42. The van der Waals surface area contributed by atoms with Crippen molar-refractivity contribution in [2.24, 2.45) is 11.3 Å². The molecular formula is C23H26ClN3O. The lowest BCUT2D eigenvalue weighted by Gasteiger charge is -2.61. The minimum absolute atomic E-state index is 0.0522. The molecule has 1 amide bonds. The molecule has 4 bridgehead atoms. The zero-order valence-electron chi connectivity index (χ0n) is 16.5. The summed E-state index contributed by atoms with van der Waals surface area (Å²) in [4.78, 5) is 18.8. The van der Waals surface area contributed by atoms with Crippen molar-refractivity contribution >= 4 is 28.4 Å². The molecule has 4 nitrogen and oxygen atoms in total. The topological polar surface area (TPSA) is 59.9 Å². The number of amides is 1. The predicted molar refractivity (Wildman–Crippen MR) is 110 cm³/mol. The van der Waals surface area contributed by atoms with Gasteiger partial charge in [-0.1, -0.05) is 31.5 Å². The molecule has 6 rings (SSSR count). The van der Waals surface area contributed by atoms with Gasteiger partial charge in [0.25, 0.3) is 0 Å². The highest BCUT2D eigenvalue weighted by molar-refractivity contribution is 6.35. The minimum Gasteiger partial charge on any atom is -0.346 e. The van der Waals surface area contributed by atoms with Gasteiger partial charge in [-0.25, -0.2) is 0 Å². The maximum absolute atomic E-state index is 13.4. The van der Waals surface area contributed by atoms with Crippen LogP contribution < -0.4 is 0 Å². The first kappa shape index (κ1) is 18.1. The van der Waals surface area contributed by atoms with E-state index in [-0.39, 0.29) is 11.8 Å². The van der Waals surface area contributed by atoms with Crippen LogP contribution in [0.25, 0.3) is 10.9 Å². The fraction of sp³-hybridized carbons (Fsp3) is 0.565. The van der Waals surface area contributed by atoms with Crippen LogP contribution in [0, 0.1) is 22.7 Å². The molecule has 0 radical (unpaired) electrons. The average molecular weight is 396 g/mol. The van der Waals surface area contributed by atoms with Crippen LogP contribution in [0.4, 0.5) is 0 Å². The molecular weight excluding hydrogens is 370 g/mol. The third kappa shape index (κ3) is 2.67. The van der Waals surface area contributed by atoms with Gasteiger partial charge >= 0.3 is 0 Å².